The molecule has 4 rings (SSSR count). The average molecular weight is 583 g/mol. The van der Waals surface area contributed by atoms with Crippen LogP contribution in [0.15, 0.2) is 42.0 Å². The second kappa shape index (κ2) is 14.2. The van der Waals surface area contributed by atoms with Crippen molar-refractivity contribution >= 4 is 14.1 Å². The molecule has 4 atom stereocenters. The van der Waals surface area contributed by atoms with Crippen LogP contribution >= 0.6 is 0 Å². The number of rotatable bonds is 14. The summed E-state index contributed by atoms with van der Waals surface area (Å²) in [4.78, 5) is 13.7. The van der Waals surface area contributed by atoms with E-state index < -0.39 is 8.32 Å². The van der Waals surface area contributed by atoms with Crippen LogP contribution in [0.2, 0.25) is 18.1 Å². The third-order valence-electron chi connectivity index (χ3n) is 9.64. The van der Waals surface area contributed by atoms with Crippen molar-refractivity contribution in [2.75, 3.05) is 13.2 Å². The van der Waals surface area contributed by atoms with Gasteiger partial charge in [-0.1, -0.05) is 71.7 Å². The molecular formula is C35H54O5Si. The number of hydrogen-bond donors (Lipinski definition) is 0. The molecule has 0 saturated carbocycles. The van der Waals surface area contributed by atoms with E-state index >= 15 is 0 Å². The molecule has 1 saturated heterocycles. The maximum Gasteiger partial charge on any atom is 0.193 e. The van der Waals surface area contributed by atoms with Crippen molar-refractivity contribution in [1.82, 2.24) is 0 Å². The van der Waals surface area contributed by atoms with Crippen LogP contribution in [-0.4, -0.2) is 39.7 Å². The minimum Gasteiger partial charge on any atom is -0.489 e. The van der Waals surface area contributed by atoms with Crippen LogP contribution in [-0.2, 0) is 25.1 Å². The second-order valence-electron chi connectivity index (χ2n) is 13.7. The molecule has 3 aliphatic rings. The quantitative estimate of drug-likeness (QED) is 0.124. The van der Waals surface area contributed by atoms with Crippen molar-refractivity contribution in [3.8, 4) is 5.75 Å². The topological polar surface area (TPSA) is 54.0 Å². The zero-order valence-corrected chi connectivity index (χ0v) is 27.6. The minimum atomic E-state index is -2.15. The molecule has 1 aromatic rings. The number of ether oxygens (including phenoxy) is 3. The Labute approximate surface area is 250 Å². The van der Waals surface area contributed by atoms with Gasteiger partial charge in [-0.2, -0.15) is 0 Å². The van der Waals surface area contributed by atoms with E-state index in [0.29, 0.717) is 13.0 Å². The molecule has 1 heterocycles. The Morgan fingerprint density at radius 3 is 2.63 bits per heavy atom. The number of ketones is 1. The summed E-state index contributed by atoms with van der Waals surface area (Å²) in [6.07, 6.45) is 12.3. The van der Waals surface area contributed by atoms with Crippen molar-refractivity contribution in [3.63, 3.8) is 0 Å². The standard InChI is InChI=1S/C35H54O5Si/c1-8-10-11-15-26(39-32-18-12-13-22-38-32)19-20-28-30(36)24-25-23-29-27(16-14-17-31(29)37-21-9-2)34(33(25)28)40-41(6,7)35(3,4)5/h9,14,16-17,25-26,32,34H,2,8,10-13,15,18-24H2,1,3-7H3/t25?,26-,32?,34-/m1/s1. The molecule has 5 nitrogen and oxygen atoms in total. The first-order chi connectivity index (χ1) is 19.6. The lowest BCUT2D eigenvalue weighted by molar-refractivity contribution is -0.190. The predicted molar refractivity (Wildman–Crippen MR) is 169 cm³/mol. The van der Waals surface area contributed by atoms with Gasteiger partial charge in [-0.25, -0.2) is 0 Å². The number of Topliss-reactive ketones (excluding diaryl/α,β-unsaturated/α-hetero) is 1. The number of benzene rings is 1. The molecule has 1 aliphatic heterocycles. The van der Waals surface area contributed by atoms with Gasteiger partial charge in [0.25, 0.3) is 0 Å². The summed E-state index contributed by atoms with van der Waals surface area (Å²) in [7, 11) is -2.15. The highest BCUT2D eigenvalue weighted by Gasteiger charge is 2.47. The van der Waals surface area contributed by atoms with Gasteiger partial charge in [-0.3, -0.25) is 4.79 Å². The van der Waals surface area contributed by atoms with Gasteiger partial charge >= 0.3 is 0 Å². The Balaban J connectivity index is 1.66. The summed E-state index contributed by atoms with van der Waals surface area (Å²) in [5, 5.41) is 0.0542. The SMILES string of the molecule is C=CCOc1cccc2c1CC1CC(=O)C(CC[C@@H](CCCCC)OC3CCCCO3)=C1[C@@H]2O[Si](C)(C)C(C)(C)C. The summed E-state index contributed by atoms with van der Waals surface area (Å²) in [5.74, 6) is 1.34. The van der Waals surface area contributed by atoms with E-state index in [-0.39, 0.29) is 35.2 Å². The summed E-state index contributed by atoms with van der Waals surface area (Å²) < 4.78 is 25.8. The molecule has 2 aliphatic carbocycles. The van der Waals surface area contributed by atoms with Gasteiger partial charge < -0.3 is 18.6 Å². The van der Waals surface area contributed by atoms with E-state index in [1.165, 1.54) is 29.5 Å². The molecule has 0 spiro atoms. The van der Waals surface area contributed by atoms with Crippen LogP contribution in [0, 0.1) is 5.92 Å². The van der Waals surface area contributed by atoms with Gasteiger partial charge in [0.05, 0.1) is 12.2 Å². The maximum absolute atomic E-state index is 13.7. The lowest BCUT2D eigenvalue weighted by atomic mass is 9.78. The van der Waals surface area contributed by atoms with E-state index in [1.54, 1.807) is 6.08 Å². The predicted octanol–water partition coefficient (Wildman–Crippen LogP) is 9.03. The fourth-order valence-electron chi connectivity index (χ4n) is 6.29. The fourth-order valence-corrected chi connectivity index (χ4v) is 7.48. The molecule has 1 fully saturated rings. The largest absolute Gasteiger partial charge is 0.489 e. The maximum atomic E-state index is 13.7. The van der Waals surface area contributed by atoms with Crippen molar-refractivity contribution in [2.45, 2.75) is 135 Å². The molecule has 1 aromatic carbocycles. The molecule has 228 valence electrons. The Bertz CT molecular complexity index is 1080. The molecule has 41 heavy (non-hydrogen) atoms. The van der Waals surface area contributed by atoms with E-state index in [0.717, 1.165) is 69.3 Å². The first-order valence-corrected chi connectivity index (χ1v) is 19.0. The molecular weight excluding hydrogens is 528 g/mol. The van der Waals surface area contributed by atoms with E-state index in [2.05, 4.69) is 59.5 Å². The van der Waals surface area contributed by atoms with Gasteiger partial charge in [0.1, 0.15) is 12.4 Å². The van der Waals surface area contributed by atoms with Crippen molar-refractivity contribution < 1.29 is 23.4 Å². The molecule has 6 heteroatoms. The summed E-state index contributed by atoms with van der Waals surface area (Å²) >= 11 is 0. The van der Waals surface area contributed by atoms with E-state index in [9.17, 15) is 4.79 Å². The highest BCUT2D eigenvalue weighted by molar-refractivity contribution is 6.74. The van der Waals surface area contributed by atoms with Crippen LogP contribution in [0.5, 0.6) is 5.75 Å². The molecule has 0 bridgehead atoms. The highest BCUT2D eigenvalue weighted by atomic mass is 28.4. The molecule has 0 amide bonds. The lowest BCUT2D eigenvalue weighted by Gasteiger charge is -2.43. The normalized spacial score (nSPS) is 23.8. The summed E-state index contributed by atoms with van der Waals surface area (Å²) in [6, 6.07) is 6.30. The molecule has 2 unspecified atom stereocenters. The lowest BCUT2D eigenvalue weighted by Crippen LogP contribution is -2.43. The van der Waals surface area contributed by atoms with E-state index in [4.69, 9.17) is 18.6 Å². The number of allylic oxidation sites excluding steroid dienone is 1. The highest BCUT2D eigenvalue weighted by Crippen LogP contribution is 2.52. The zero-order chi connectivity index (χ0) is 29.6. The molecule has 0 radical (unpaired) electrons. The Morgan fingerprint density at radius 1 is 1.15 bits per heavy atom. The Morgan fingerprint density at radius 2 is 1.95 bits per heavy atom. The van der Waals surface area contributed by atoms with Gasteiger partial charge in [0, 0.05) is 18.6 Å². The zero-order valence-electron chi connectivity index (χ0n) is 26.6. The number of carbonyl (C=O) groups is 1. The monoisotopic (exact) mass is 582 g/mol. The third kappa shape index (κ3) is 7.81. The van der Waals surface area contributed by atoms with Crippen LogP contribution in [0.4, 0.5) is 0 Å². The number of unbranched alkanes of at least 4 members (excludes halogenated alkanes) is 2. The van der Waals surface area contributed by atoms with Crippen LogP contribution in [0.25, 0.3) is 0 Å². The van der Waals surface area contributed by atoms with E-state index in [1.807, 2.05) is 6.07 Å². The van der Waals surface area contributed by atoms with Crippen molar-refractivity contribution in [1.29, 1.82) is 0 Å². The Kier molecular flexibility index (Phi) is 11.1. The number of carbonyl (C=O) groups excluding carboxylic acids is 1. The van der Waals surface area contributed by atoms with Crippen LogP contribution in [0.1, 0.15) is 109 Å². The van der Waals surface area contributed by atoms with Gasteiger partial charge in [-0.05, 0) is 91.8 Å². The van der Waals surface area contributed by atoms with Crippen LogP contribution < -0.4 is 4.74 Å². The summed E-state index contributed by atoms with van der Waals surface area (Å²) in [6.45, 7) is 18.8. The summed E-state index contributed by atoms with van der Waals surface area (Å²) in [5.41, 5.74) is 4.59. The van der Waals surface area contributed by atoms with Crippen LogP contribution in [0.3, 0.4) is 0 Å². The number of fused-ring (bicyclic) bond motifs is 2. The Hall–Kier alpha value is -1.73. The fraction of sp³-hybridized carbons (Fsp3) is 0.686. The first-order valence-electron chi connectivity index (χ1n) is 16.1. The molecule has 0 N–H and O–H groups in total. The smallest absolute Gasteiger partial charge is 0.193 e. The third-order valence-corrected chi connectivity index (χ3v) is 14.1. The van der Waals surface area contributed by atoms with Gasteiger partial charge in [-0.15, -0.1) is 0 Å². The van der Waals surface area contributed by atoms with Crippen molar-refractivity contribution in [3.05, 3.63) is 53.1 Å². The van der Waals surface area contributed by atoms with Crippen molar-refractivity contribution in [2.24, 2.45) is 5.92 Å². The first kappa shape index (κ1) is 32.2. The van der Waals surface area contributed by atoms with Gasteiger partial charge in [0.2, 0.25) is 0 Å². The van der Waals surface area contributed by atoms with Gasteiger partial charge in [0.15, 0.2) is 20.4 Å². The average Bonchev–Trinajstić information content (AvgIpc) is 3.25. The second-order valence-corrected chi connectivity index (χ2v) is 18.5. The molecule has 0 aromatic heterocycles. The number of hydrogen-bond acceptors (Lipinski definition) is 5. The minimum absolute atomic E-state index is 0.0542.